The molecule has 0 fully saturated rings. The van der Waals surface area contributed by atoms with Crippen LogP contribution < -0.4 is 0 Å². The number of carbonyl (C=O) groups is 1. The van der Waals surface area contributed by atoms with Crippen LogP contribution in [0.1, 0.15) is 17.3 Å². The van der Waals surface area contributed by atoms with Crippen LogP contribution in [-0.4, -0.2) is 30.1 Å². The van der Waals surface area contributed by atoms with Crippen molar-refractivity contribution in [3.8, 4) is 0 Å². The van der Waals surface area contributed by atoms with Gasteiger partial charge in [0.15, 0.2) is 0 Å². The van der Waals surface area contributed by atoms with E-state index in [-0.39, 0.29) is 12.1 Å². The topological polar surface area (TPSA) is 20.3 Å². The number of rotatable bonds is 3. The van der Waals surface area contributed by atoms with Gasteiger partial charge in [-0.15, -0.1) is 0 Å². The van der Waals surface area contributed by atoms with Crippen LogP contribution in [0.4, 0.5) is 13.2 Å². The number of nitrogens with zero attached hydrogens (tertiary/aromatic N) is 1. The smallest absolute Gasteiger partial charge is 0.330 e. The fourth-order valence-electron chi connectivity index (χ4n) is 2.08. The zero-order valence-electron chi connectivity index (χ0n) is 11.2. The first kappa shape index (κ1) is 15.8. The quantitative estimate of drug-likeness (QED) is 0.782. The molecule has 0 unspecified atom stereocenters. The second-order valence-corrected chi connectivity index (χ2v) is 5.56. The van der Waals surface area contributed by atoms with Crippen LogP contribution in [0.15, 0.2) is 40.9 Å². The molecule has 0 spiro atoms. The molecule has 2 aromatic rings. The van der Waals surface area contributed by atoms with E-state index in [0.29, 0.717) is 0 Å². The van der Waals surface area contributed by atoms with Gasteiger partial charge in [0.1, 0.15) is 6.54 Å². The van der Waals surface area contributed by atoms with Gasteiger partial charge in [-0.1, -0.05) is 28.1 Å². The van der Waals surface area contributed by atoms with Gasteiger partial charge in [0.2, 0.25) is 0 Å². The Labute approximate surface area is 128 Å². The van der Waals surface area contributed by atoms with Gasteiger partial charge in [-0.25, -0.2) is 0 Å². The molecule has 0 saturated carbocycles. The highest BCUT2D eigenvalue weighted by Crippen LogP contribution is 2.23. The Morgan fingerprint density at radius 1 is 1.14 bits per heavy atom. The summed E-state index contributed by atoms with van der Waals surface area (Å²) in [4.78, 5) is 13.0. The number of hydrogen-bond donors (Lipinski definition) is 0. The highest BCUT2D eigenvalue weighted by atomic mass is 79.9. The minimum absolute atomic E-state index is 0.0106. The van der Waals surface area contributed by atoms with Crippen LogP contribution in [-0.2, 0) is 0 Å². The summed E-state index contributed by atoms with van der Waals surface area (Å²) in [6, 6.07) is 10.4. The average molecular weight is 360 g/mol. The number of fused-ring (bicyclic) bond motifs is 1. The Balaban J connectivity index is 2.32. The lowest BCUT2D eigenvalue weighted by molar-refractivity contribution is -0.140. The highest BCUT2D eigenvalue weighted by molar-refractivity contribution is 9.10. The molecular formula is C15H13BrF3NO. The van der Waals surface area contributed by atoms with E-state index in [0.717, 1.165) is 20.1 Å². The van der Waals surface area contributed by atoms with Crippen molar-refractivity contribution in [3.05, 3.63) is 46.4 Å². The lowest BCUT2D eigenvalue weighted by Gasteiger charge is -2.22. The Bertz CT molecular complexity index is 670. The second-order valence-electron chi connectivity index (χ2n) is 4.64. The molecule has 1 amide bonds. The first-order chi connectivity index (χ1) is 9.80. The summed E-state index contributed by atoms with van der Waals surface area (Å²) in [5, 5.41) is 1.73. The minimum Gasteiger partial charge on any atom is -0.330 e. The maximum atomic E-state index is 12.5. The summed E-state index contributed by atoms with van der Waals surface area (Å²) in [5.41, 5.74) is 0.260. The van der Waals surface area contributed by atoms with Crippen LogP contribution in [0.3, 0.4) is 0 Å². The largest absolute Gasteiger partial charge is 0.406 e. The molecule has 0 aliphatic carbocycles. The molecule has 0 heterocycles. The zero-order valence-corrected chi connectivity index (χ0v) is 12.8. The van der Waals surface area contributed by atoms with Gasteiger partial charge < -0.3 is 4.90 Å². The SMILES string of the molecule is CCN(CC(F)(F)F)C(=O)c1ccc2cc(Br)ccc2c1. The van der Waals surface area contributed by atoms with Crippen LogP contribution in [0.5, 0.6) is 0 Å². The van der Waals surface area contributed by atoms with E-state index >= 15 is 0 Å². The van der Waals surface area contributed by atoms with Crippen LogP contribution in [0.2, 0.25) is 0 Å². The third kappa shape index (κ3) is 3.97. The second kappa shape index (κ2) is 6.05. The molecule has 0 aliphatic rings. The van der Waals surface area contributed by atoms with E-state index in [1.54, 1.807) is 18.2 Å². The first-order valence-corrected chi connectivity index (χ1v) is 7.15. The average Bonchev–Trinajstić information content (AvgIpc) is 2.42. The maximum Gasteiger partial charge on any atom is 0.406 e. The fourth-order valence-corrected chi connectivity index (χ4v) is 2.45. The van der Waals surface area contributed by atoms with Crippen LogP contribution >= 0.6 is 15.9 Å². The molecule has 21 heavy (non-hydrogen) atoms. The number of hydrogen-bond acceptors (Lipinski definition) is 1. The third-order valence-corrected chi connectivity index (χ3v) is 3.58. The van der Waals surface area contributed by atoms with Crippen molar-refractivity contribution < 1.29 is 18.0 Å². The van der Waals surface area contributed by atoms with Crippen molar-refractivity contribution in [1.82, 2.24) is 4.90 Å². The van der Waals surface area contributed by atoms with Crippen molar-refractivity contribution in [2.45, 2.75) is 13.1 Å². The molecule has 2 nitrogen and oxygen atoms in total. The van der Waals surface area contributed by atoms with Gasteiger partial charge in [0.25, 0.3) is 5.91 Å². The predicted molar refractivity (Wildman–Crippen MR) is 79.3 cm³/mol. The van der Waals surface area contributed by atoms with Crippen molar-refractivity contribution in [3.63, 3.8) is 0 Å². The molecular weight excluding hydrogens is 347 g/mol. The van der Waals surface area contributed by atoms with E-state index in [1.165, 1.54) is 6.92 Å². The molecule has 0 bridgehead atoms. The Morgan fingerprint density at radius 3 is 2.38 bits per heavy atom. The van der Waals surface area contributed by atoms with E-state index in [9.17, 15) is 18.0 Å². The van der Waals surface area contributed by atoms with Gasteiger partial charge in [0.05, 0.1) is 0 Å². The number of carbonyl (C=O) groups excluding carboxylic acids is 1. The number of halogens is 4. The summed E-state index contributed by atoms with van der Waals surface area (Å²) < 4.78 is 38.3. The molecule has 0 N–H and O–H groups in total. The Morgan fingerprint density at radius 2 is 1.76 bits per heavy atom. The zero-order chi connectivity index (χ0) is 15.6. The Hall–Kier alpha value is -1.56. The molecule has 0 saturated heterocycles. The van der Waals surface area contributed by atoms with Crippen molar-refractivity contribution >= 4 is 32.6 Å². The summed E-state index contributed by atoms with van der Waals surface area (Å²) in [5.74, 6) is -0.611. The van der Waals surface area contributed by atoms with Gasteiger partial charge >= 0.3 is 6.18 Å². The molecule has 6 heteroatoms. The summed E-state index contributed by atoms with van der Waals surface area (Å²) >= 11 is 3.35. The lowest BCUT2D eigenvalue weighted by atomic mass is 10.1. The molecule has 2 rings (SSSR count). The van der Waals surface area contributed by atoms with Crippen LogP contribution in [0.25, 0.3) is 10.8 Å². The van der Waals surface area contributed by atoms with E-state index in [4.69, 9.17) is 0 Å². The van der Waals surface area contributed by atoms with E-state index in [2.05, 4.69) is 15.9 Å². The monoisotopic (exact) mass is 359 g/mol. The summed E-state index contributed by atoms with van der Waals surface area (Å²) in [6.45, 7) is 0.305. The normalized spacial score (nSPS) is 11.7. The summed E-state index contributed by atoms with van der Waals surface area (Å²) in [7, 11) is 0. The predicted octanol–water partition coefficient (Wildman–Crippen LogP) is 4.63. The van der Waals surface area contributed by atoms with Crippen LogP contribution in [0, 0.1) is 0 Å². The maximum absolute atomic E-state index is 12.5. The number of benzene rings is 2. The molecule has 0 radical (unpaired) electrons. The number of alkyl halides is 3. The van der Waals surface area contributed by atoms with Crippen molar-refractivity contribution in [1.29, 1.82) is 0 Å². The fraction of sp³-hybridized carbons (Fsp3) is 0.267. The molecule has 0 aliphatic heterocycles. The van der Waals surface area contributed by atoms with Gasteiger partial charge in [-0.2, -0.15) is 13.2 Å². The van der Waals surface area contributed by atoms with E-state index < -0.39 is 18.6 Å². The molecule has 2 aromatic carbocycles. The van der Waals surface area contributed by atoms with Crippen molar-refractivity contribution in [2.24, 2.45) is 0 Å². The summed E-state index contributed by atoms with van der Waals surface area (Å²) in [6.07, 6.45) is -4.40. The van der Waals surface area contributed by atoms with Gasteiger partial charge in [0, 0.05) is 16.6 Å². The van der Waals surface area contributed by atoms with Gasteiger partial charge in [-0.05, 0) is 42.0 Å². The third-order valence-electron chi connectivity index (χ3n) is 3.09. The molecule has 0 aromatic heterocycles. The van der Waals surface area contributed by atoms with Gasteiger partial charge in [-0.3, -0.25) is 4.79 Å². The lowest BCUT2D eigenvalue weighted by Crippen LogP contribution is -2.38. The first-order valence-electron chi connectivity index (χ1n) is 6.35. The standard InChI is InChI=1S/C15H13BrF3NO/c1-2-20(9-15(17,18)19)14(21)12-4-3-11-8-13(16)6-5-10(11)7-12/h3-8H,2,9H2,1H3. The number of amides is 1. The van der Waals surface area contributed by atoms with Crippen molar-refractivity contribution in [2.75, 3.05) is 13.1 Å². The minimum atomic E-state index is -4.40. The Kier molecular flexibility index (Phi) is 4.56. The molecule has 0 atom stereocenters. The highest BCUT2D eigenvalue weighted by Gasteiger charge is 2.32. The van der Waals surface area contributed by atoms with E-state index in [1.807, 2.05) is 18.2 Å². The molecule has 112 valence electrons.